The van der Waals surface area contributed by atoms with Gasteiger partial charge >= 0.3 is 0 Å². The lowest BCUT2D eigenvalue weighted by Gasteiger charge is -2.26. The van der Waals surface area contributed by atoms with Gasteiger partial charge in [0.2, 0.25) is 10.0 Å². The first-order valence-electron chi connectivity index (χ1n) is 9.95. The number of benzene rings is 2. The highest BCUT2D eigenvalue weighted by atomic mass is 35.5. The SMILES string of the molecule is COCCn1c(=NC(=O)c2ccc(S(=O)(=O)N3CCOCC3)cc2)sc2cccc(Cl)c21. The van der Waals surface area contributed by atoms with Gasteiger partial charge in [-0.2, -0.15) is 9.30 Å². The molecule has 0 N–H and O–H groups in total. The van der Waals surface area contributed by atoms with Crippen LogP contribution in [0.1, 0.15) is 10.4 Å². The predicted octanol–water partition coefficient (Wildman–Crippen LogP) is 2.76. The fourth-order valence-corrected chi connectivity index (χ4v) is 6.24. The summed E-state index contributed by atoms with van der Waals surface area (Å²) >= 11 is 7.74. The Morgan fingerprint density at radius 2 is 1.91 bits per heavy atom. The summed E-state index contributed by atoms with van der Waals surface area (Å²) in [4.78, 5) is 17.8. The van der Waals surface area contributed by atoms with Crippen molar-refractivity contribution in [2.24, 2.45) is 4.99 Å². The van der Waals surface area contributed by atoms with Crippen molar-refractivity contribution in [2.75, 3.05) is 40.0 Å². The first-order valence-corrected chi connectivity index (χ1v) is 12.6. The van der Waals surface area contributed by atoms with Crippen LogP contribution in [0.5, 0.6) is 0 Å². The van der Waals surface area contributed by atoms with E-state index in [1.807, 2.05) is 16.7 Å². The van der Waals surface area contributed by atoms with Gasteiger partial charge in [0.15, 0.2) is 4.80 Å². The zero-order valence-corrected chi connectivity index (χ0v) is 19.8. The topological polar surface area (TPSA) is 90.2 Å². The molecule has 32 heavy (non-hydrogen) atoms. The highest BCUT2D eigenvalue weighted by molar-refractivity contribution is 7.89. The van der Waals surface area contributed by atoms with Gasteiger partial charge in [0, 0.05) is 32.3 Å². The van der Waals surface area contributed by atoms with Gasteiger partial charge in [-0.1, -0.05) is 29.0 Å². The fourth-order valence-electron chi connectivity index (χ4n) is 3.42. The molecule has 0 unspecified atom stereocenters. The summed E-state index contributed by atoms with van der Waals surface area (Å²) in [5.41, 5.74) is 1.10. The van der Waals surface area contributed by atoms with Crippen molar-refractivity contribution in [1.29, 1.82) is 0 Å². The molecule has 2 aromatic carbocycles. The molecule has 1 amide bonds. The quantitative estimate of drug-likeness (QED) is 0.524. The highest BCUT2D eigenvalue weighted by Crippen LogP contribution is 2.25. The zero-order valence-electron chi connectivity index (χ0n) is 17.4. The maximum Gasteiger partial charge on any atom is 0.279 e. The molecule has 1 fully saturated rings. The van der Waals surface area contributed by atoms with E-state index in [1.165, 1.54) is 39.9 Å². The molecule has 1 aliphatic heterocycles. The second kappa shape index (κ2) is 9.82. The van der Waals surface area contributed by atoms with Crippen molar-refractivity contribution in [3.8, 4) is 0 Å². The van der Waals surface area contributed by atoms with Crippen molar-refractivity contribution in [3.63, 3.8) is 0 Å². The van der Waals surface area contributed by atoms with Crippen LogP contribution >= 0.6 is 22.9 Å². The van der Waals surface area contributed by atoms with Crippen LogP contribution in [-0.4, -0.2) is 63.2 Å². The predicted molar refractivity (Wildman–Crippen MR) is 123 cm³/mol. The molecule has 8 nitrogen and oxygen atoms in total. The number of morpholine rings is 1. The average molecular weight is 496 g/mol. The first-order chi connectivity index (χ1) is 15.4. The molecule has 0 spiro atoms. The van der Waals surface area contributed by atoms with Crippen LogP contribution in [0, 0.1) is 0 Å². The highest BCUT2D eigenvalue weighted by Gasteiger charge is 2.26. The Kier molecular flexibility index (Phi) is 7.08. The number of hydrogen-bond acceptors (Lipinski definition) is 6. The standard InChI is InChI=1S/C21H22ClN3O5S2/c1-29-12-11-25-19-17(22)3-2-4-18(19)31-21(25)23-20(26)15-5-7-16(8-6-15)32(27,28)24-9-13-30-14-10-24/h2-8H,9-14H2,1H3. The van der Waals surface area contributed by atoms with E-state index < -0.39 is 15.9 Å². The van der Waals surface area contributed by atoms with E-state index in [4.69, 9.17) is 21.1 Å². The lowest BCUT2D eigenvalue weighted by Crippen LogP contribution is -2.40. The number of ether oxygens (including phenoxy) is 2. The molecule has 1 aliphatic rings. The number of carbonyl (C=O) groups excluding carboxylic acids is 1. The van der Waals surface area contributed by atoms with Crippen LogP contribution in [0.15, 0.2) is 52.4 Å². The lowest BCUT2D eigenvalue weighted by molar-refractivity contribution is 0.0730. The number of aromatic nitrogens is 1. The number of rotatable bonds is 6. The normalized spacial score (nSPS) is 16.0. The van der Waals surface area contributed by atoms with Crippen molar-refractivity contribution >= 4 is 49.1 Å². The van der Waals surface area contributed by atoms with E-state index in [2.05, 4.69) is 4.99 Å². The van der Waals surface area contributed by atoms with Gasteiger partial charge < -0.3 is 14.0 Å². The molecular formula is C21H22ClN3O5S2. The van der Waals surface area contributed by atoms with Gasteiger partial charge in [0.25, 0.3) is 5.91 Å². The number of nitrogens with zero attached hydrogens (tertiary/aromatic N) is 3. The van der Waals surface area contributed by atoms with Gasteiger partial charge in [-0.25, -0.2) is 8.42 Å². The van der Waals surface area contributed by atoms with Crippen LogP contribution < -0.4 is 4.80 Å². The molecule has 2 heterocycles. The number of carbonyl (C=O) groups is 1. The Labute approximate surface area is 194 Å². The summed E-state index contributed by atoms with van der Waals surface area (Å²) in [6, 6.07) is 11.4. The van der Waals surface area contributed by atoms with E-state index in [9.17, 15) is 13.2 Å². The van der Waals surface area contributed by atoms with E-state index >= 15 is 0 Å². The van der Waals surface area contributed by atoms with Crippen LogP contribution in [0.4, 0.5) is 0 Å². The minimum Gasteiger partial charge on any atom is -0.383 e. The summed E-state index contributed by atoms with van der Waals surface area (Å²) in [6.07, 6.45) is 0. The molecular weight excluding hydrogens is 474 g/mol. The van der Waals surface area contributed by atoms with Gasteiger partial charge in [-0.3, -0.25) is 4.79 Å². The number of sulfonamides is 1. The minimum atomic E-state index is -3.62. The molecule has 11 heteroatoms. The summed E-state index contributed by atoms with van der Waals surface area (Å²) in [5.74, 6) is -0.464. The van der Waals surface area contributed by atoms with E-state index in [0.29, 0.717) is 54.8 Å². The van der Waals surface area contributed by atoms with Crippen LogP contribution in [0.25, 0.3) is 10.2 Å². The van der Waals surface area contributed by atoms with Crippen LogP contribution in [0.3, 0.4) is 0 Å². The summed E-state index contributed by atoms with van der Waals surface area (Å²) in [6.45, 7) is 2.30. The molecule has 0 radical (unpaired) electrons. The molecule has 3 aromatic rings. The molecule has 1 aromatic heterocycles. The Hall–Kier alpha value is -2.08. The molecule has 170 valence electrons. The molecule has 1 saturated heterocycles. The maximum atomic E-state index is 12.9. The number of halogens is 1. The molecule has 4 rings (SSSR count). The lowest BCUT2D eigenvalue weighted by atomic mass is 10.2. The van der Waals surface area contributed by atoms with Gasteiger partial charge in [-0.05, 0) is 36.4 Å². The summed E-state index contributed by atoms with van der Waals surface area (Å²) in [7, 11) is -2.02. The number of para-hydroxylation sites is 1. The second-order valence-corrected chi connectivity index (χ2v) is 10.4. The molecule has 0 aliphatic carbocycles. The van der Waals surface area contributed by atoms with E-state index in [-0.39, 0.29) is 4.90 Å². The van der Waals surface area contributed by atoms with Crippen molar-refractivity contribution < 1.29 is 22.7 Å². The van der Waals surface area contributed by atoms with Gasteiger partial charge in [0.1, 0.15) is 0 Å². The second-order valence-electron chi connectivity index (χ2n) is 7.07. The zero-order chi connectivity index (χ0) is 22.7. The number of methoxy groups -OCH3 is 1. The maximum absolute atomic E-state index is 12.9. The van der Waals surface area contributed by atoms with Crippen LogP contribution in [-0.2, 0) is 26.0 Å². The van der Waals surface area contributed by atoms with Gasteiger partial charge in [0.05, 0.1) is 40.0 Å². The molecule has 0 bridgehead atoms. The van der Waals surface area contributed by atoms with E-state index in [1.54, 1.807) is 13.2 Å². The smallest absolute Gasteiger partial charge is 0.279 e. The Morgan fingerprint density at radius 3 is 2.59 bits per heavy atom. The van der Waals surface area contributed by atoms with E-state index in [0.717, 1.165) is 10.2 Å². The monoisotopic (exact) mass is 495 g/mol. The van der Waals surface area contributed by atoms with Crippen molar-refractivity contribution in [2.45, 2.75) is 11.4 Å². The third-order valence-corrected chi connectivity index (χ3v) is 8.34. The first kappa shape index (κ1) is 23.1. The van der Waals surface area contributed by atoms with Crippen molar-refractivity contribution in [3.05, 3.63) is 57.9 Å². The summed E-state index contributed by atoms with van der Waals surface area (Å²) in [5, 5.41) is 0.571. The Morgan fingerprint density at radius 1 is 1.19 bits per heavy atom. The number of hydrogen-bond donors (Lipinski definition) is 0. The Bertz CT molecular complexity index is 1290. The minimum absolute atomic E-state index is 0.139. The molecule has 0 saturated carbocycles. The average Bonchev–Trinajstić information content (AvgIpc) is 3.16. The number of thiazole rings is 1. The van der Waals surface area contributed by atoms with Crippen LogP contribution in [0.2, 0.25) is 5.02 Å². The number of amides is 1. The number of fused-ring (bicyclic) bond motifs is 1. The third kappa shape index (κ3) is 4.66. The fraction of sp³-hybridized carbons (Fsp3) is 0.333. The Balaban J connectivity index is 1.65. The largest absolute Gasteiger partial charge is 0.383 e. The third-order valence-electron chi connectivity index (χ3n) is 5.08. The molecule has 0 atom stereocenters. The van der Waals surface area contributed by atoms with Gasteiger partial charge in [-0.15, -0.1) is 0 Å². The van der Waals surface area contributed by atoms with Crippen molar-refractivity contribution in [1.82, 2.24) is 8.87 Å². The summed E-state index contributed by atoms with van der Waals surface area (Å²) < 4.78 is 40.1.